The van der Waals surface area contributed by atoms with Crippen molar-refractivity contribution in [2.45, 2.75) is 38.2 Å². The number of hydrogen-bond acceptors (Lipinski definition) is 4. The summed E-state index contributed by atoms with van der Waals surface area (Å²) in [4.78, 5) is 16.5. The zero-order valence-electron chi connectivity index (χ0n) is 11.5. The first-order valence-electron chi connectivity index (χ1n) is 5.67. The van der Waals surface area contributed by atoms with E-state index in [-0.39, 0.29) is 5.56 Å². The molecule has 0 unspecified atom stereocenters. The second kappa shape index (κ2) is 5.47. The fraction of sp³-hybridized carbons (Fsp3) is 0.417. The number of benzene rings is 1. The molecule has 1 aromatic carbocycles. The fourth-order valence-corrected chi connectivity index (χ4v) is 2.69. The van der Waals surface area contributed by atoms with Crippen LogP contribution in [0.5, 0.6) is 0 Å². The Morgan fingerprint density at radius 1 is 1.35 bits per heavy atom. The largest absolute Gasteiger partial charge is 0.479 e. The Morgan fingerprint density at radius 3 is 2.35 bits per heavy atom. The summed E-state index contributed by atoms with van der Waals surface area (Å²) in [5.41, 5.74) is -1.00. The number of sulfonamides is 1. The SMILES string of the molecule is Cc1cc(C)c(S(=O)(=O)NOC(C)(C)C(=O)O)c(F)c1. The Hall–Kier alpha value is -1.51. The predicted molar refractivity (Wildman–Crippen MR) is 69.0 cm³/mol. The summed E-state index contributed by atoms with van der Waals surface area (Å²) in [5.74, 6) is -2.28. The van der Waals surface area contributed by atoms with Gasteiger partial charge in [0.15, 0.2) is 5.60 Å². The molecule has 0 radical (unpaired) electrons. The maximum absolute atomic E-state index is 13.8. The highest BCUT2D eigenvalue weighted by molar-refractivity contribution is 7.89. The van der Waals surface area contributed by atoms with Gasteiger partial charge in [-0.25, -0.2) is 17.6 Å². The summed E-state index contributed by atoms with van der Waals surface area (Å²) in [6, 6.07) is 2.57. The lowest BCUT2D eigenvalue weighted by molar-refractivity contribution is -0.165. The molecule has 0 atom stereocenters. The molecule has 1 rings (SSSR count). The lowest BCUT2D eigenvalue weighted by Gasteiger charge is -2.20. The molecule has 1 aromatic rings. The first-order chi connectivity index (χ1) is 8.97. The van der Waals surface area contributed by atoms with Gasteiger partial charge in [0, 0.05) is 0 Å². The van der Waals surface area contributed by atoms with Gasteiger partial charge in [-0.15, -0.1) is 0 Å². The maximum atomic E-state index is 13.8. The van der Waals surface area contributed by atoms with Gasteiger partial charge < -0.3 is 5.11 Å². The Balaban J connectivity index is 3.11. The summed E-state index contributed by atoms with van der Waals surface area (Å²) in [6.07, 6.45) is 0. The lowest BCUT2D eigenvalue weighted by Crippen LogP contribution is -2.42. The molecule has 20 heavy (non-hydrogen) atoms. The number of carbonyl (C=O) groups is 1. The fourth-order valence-electron chi connectivity index (χ4n) is 1.49. The number of carboxylic acids is 1. The third kappa shape index (κ3) is 3.53. The van der Waals surface area contributed by atoms with Gasteiger partial charge in [-0.2, -0.15) is 0 Å². The number of rotatable bonds is 5. The van der Waals surface area contributed by atoms with Crippen molar-refractivity contribution in [1.29, 1.82) is 0 Å². The number of halogens is 1. The van der Waals surface area contributed by atoms with E-state index in [1.165, 1.54) is 13.0 Å². The van der Waals surface area contributed by atoms with Crippen molar-refractivity contribution in [2.75, 3.05) is 0 Å². The van der Waals surface area contributed by atoms with E-state index in [9.17, 15) is 17.6 Å². The predicted octanol–water partition coefficient (Wildman–Crippen LogP) is 1.52. The van der Waals surface area contributed by atoms with E-state index < -0.39 is 32.3 Å². The van der Waals surface area contributed by atoms with E-state index >= 15 is 0 Å². The van der Waals surface area contributed by atoms with Gasteiger partial charge in [0.25, 0.3) is 10.0 Å². The minimum atomic E-state index is -4.32. The average Bonchev–Trinajstić information content (AvgIpc) is 2.24. The van der Waals surface area contributed by atoms with Gasteiger partial charge in [-0.1, -0.05) is 11.0 Å². The van der Waals surface area contributed by atoms with E-state index in [1.54, 1.807) is 11.8 Å². The molecule has 0 spiro atoms. The highest BCUT2D eigenvalue weighted by atomic mass is 32.2. The summed E-state index contributed by atoms with van der Waals surface area (Å²) in [5, 5.41) is 8.82. The van der Waals surface area contributed by atoms with Crippen molar-refractivity contribution < 1.29 is 27.5 Å². The molecule has 8 heteroatoms. The topological polar surface area (TPSA) is 92.7 Å². The Bertz CT molecular complexity index is 616. The van der Waals surface area contributed by atoms with Gasteiger partial charge in [0.05, 0.1) is 0 Å². The van der Waals surface area contributed by atoms with Crippen LogP contribution in [0, 0.1) is 19.7 Å². The molecule has 0 saturated carbocycles. The van der Waals surface area contributed by atoms with Crippen LogP contribution < -0.4 is 4.89 Å². The van der Waals surface area contributed by atoms with E-state index in [4.69, 9.17) is 5.11 Å². The molecule has 0 bridgehead atoms. The van der Waals surface area contributed by atoms with E-state index in [2.05, 4.69) is 4.84 Å². The summed E-state index contributed by atoms with van der Waals surface area (Å²) < 4.78 is 37.8. The number of nitrogens with one attached hydrogen (secondary N) is 1. The van der Waals surface area contributed by atoms with Crippen molar-refractivity contribution in [3.05, 3.63) is 29.1 Å². The number of aliphatic carboxylic acids is 1. The number of carboxylic acid groups (broad SMARTS) is 1. The Kier molecular flexibility index (Phi) is 4.52. The van der Waals surface area contributed by atoms with E-state index in [1.807, 2.05) is 0 Å². The van der Waals surface area contributed by atoms with Gasteiger partial charge in [0.1, 0.15) is 10.7 Å². The molecule has 2 N–H and O–H groups in total. The molecule has 0 aliphatic carbocycles. The van der Waals surface area contributed by atoms with Crippen LogP contribution in [-0.2, 0) is 19.7 Å². The molecule has 0 saturated heterocycles. The first kappa shape index (κ1) is 16.5. The highest BCUT2D eigenvalue weighted by Crippen LogP contribution is 2.21. The van der Waals surface area contributed by atoms with Gasteiger partial charge in [0.2, 0.25) is 0 Å². The molecule has 0 fully saturated rings. The van der Waals surface area contributed by atoms with Gasteiger partial charge in [-0.05, 0) is 44.9 Å². The van der Waals surface area contributed by atoms with Crippen LogP contribution in [0.4, 0.5) is 4.39 Å². The average molecular weight is 305 g/mol. The van der Waals surface area contributed by atoms with Crippen LogP contribution in [0.15, 0.2) is 17.0 Å². The van der Waals surface area contributed by atoms with Gasteiger partial charge in [-0.3, -0.25) is 4.84 Å². The maximum Gasteiger partial charge on any atom is 0.337 e. The number of hydrogen-bond donors (Lipinski definition) is 2. The highest BCUT2D eigenvalue weighted by Gasteiger charge is 2.32. The number of aryl methyl sites for hydroxylation is 2. The van der Waals surface area contributed by atoms with Crippen LogP contribution in [-0.4, -0.2) is 25.1 Å². The molecule has 6 nitrogen and oxygen atoms in total. The molecule has 0 aromatic heterocycles. The molecular formula is C12H16FNO5S. The first-order valence-corrected chi connectivity index (χ1v) is 7.15. The van der Waals surface area contributed by atoms with Crippen molar-refractivity contribution in [2.24, 2.45) is 0 Å². The van der Waals surface area contributed by atoms with Crippen molar-refractivity contribution in [3.63, 3.8) is 0 Å². The Morgan fingerprint density at radius 2 is 1.90 bits per heavy atom. The monoisotopic (exact) mass is 305 g/mol. The van der Waals surface area contributed by atoms with Crippen LogP contribution in [0.1, 0.15) is 25.0 Å². The molecule has 0 aliphatic heterocycles. The van der Waals surface area contributed by atoms with E-state index in [0.29, 0.717) is 5.56 Å². The quantitative estimate of drug-likeness (QED) is 0.805. The third-order valence-corrected chi connectivity index (χ3v) is 3.92. The standard InChI is InChI=1S/C12H16FNO5S/c1-7-5-8(2)10(9(13)6-7)20(17,18)14-19-12(3,4)11(15)16/h5-6,14H,1-4H3,(H,15,16). The molecule has 0 amide bonds. The van der Waals surface area contributed by atoms with Crippen molar-refractivity contribution >= 4 is 16.0 Å². The molecule has 112 valence electrons. The summed E-state index contributed by atoms with van der Waals surface area (Å²) >= 11 is 0. The molecule has 0 aliphatic rings. The van der Waals surface area contributed by atoms with E-state index in [0.717, 1.165) is 19.9 Å². The zero-order valence-corrected chi connectivity index (χ0v) is 12.3. The minimum Gasteiger partial charge on any atom is -0.479 e. The lowest BCUT2D eigenvalue weighted by atomic mass is 10.1. The van der Waals surface area contributed by atoms with Crippen molar-refractivity contribution in [1.82, 2.24) is 4.89 Å². The second-order valence-corrected chi connectivity index (χ2v) is 6.48. The second-order valence-electron chi connectivity index (χ2n) is 4.90. The van der Waals surface area contributed by atoms with Crippen LogP contribution in [0.25, 0.3) is 0 Å². The normalized spacial score (nSPS) is 12.4. The van der Waals surface area contributed by atoms with Crippen LogP contribution in [0.3, 0.4) is 0 Å². The molecular weight excluding hydrogens is 289 g/mol. The Labute approximate surface area is 116 Å². The van der Waals surface area contributed by atoms with Crippen LogP contribution >= 0.6 is 0 Å². The minimum absolute atomic E-state index is 0.201. The van der Waals surface area contributed by atoms with Crippen molar-refractivity contribution in [3.8, 4) is 0 Å². The van der Waals surface area contributed by atoms with Gasteiger partial charge >= 0.3 is 5.97 Å². The smallest absolute Gasteiger partial charge is 0.337 e. The summed E-state index contributed by atoms with van der Waals surface area (Å²) in [6.45, 7) is 5.39. The summed E-state index contributed by atoms with van der Waals surface area (Å²) in [7, 11) is -4.32. The third-order valence-electron chi connectivity index (χ3n) is 2.56. The molecule has 0 heterocycles. The zero-order chi connectivity index (χ0) is 15.7. The van der Waals surface area contributed by atoms with Crippen LogP contribution in [0.2, 0.25) is 0 Å².